The summed E-state index contributed by atoms with van der Waals surface area (Å²) in [6, 6.07) is 0. The Kier molecular flexibility index (Phi) is 10.9. The van der Waals surface area contributed by atoms with E-state index in [0.717, 1.165) is 51.4 Å². The van der Waals surface area contributed by atoms with Crippen LogP contribution in [0.2, 0.25) is 0 Å². The molecule has 2 N–H and O–H groups in total. The number of aliphatic carboxylic acids is 2. The van der Waals surface area contributed by atoms with E-state index in [1.807, 2.05) is 12.2 Å². The first-order chi connectivity index (χ1) is 15.8. The summed E-state index contributed by atoms with van der Waals surface area (Å²) in [4.78, 5) is 34.9. The first-order valence-electron chi connectivity index (χ1n) is 12.6. The van der Waals surface area contributed by atoms with Crippen LogP contribution in [0.15, 0.2) is 12.2 Å². The van der Waals surface area contributed by atoms with Crippen molar-refractivity contribution >= 4 is 40.3 Å². The summed E-state index contributed by atoms with van der Waals surface area (Å²) in [5.74, 6) is -1.30. The average Bonchev–Trinajstić information content (AvgIpc) is 3.28. The Hall–Kier alpha value is -1.15. The monoisotopic (exact) mass is 514 g/mol. The Balaban J connectivity index is 1.71. The minimum atomic E-state index is -0.942. The van der Waals surface area contributed by atoms with Crippen molar-refractivity contribution in [2.75, 3.05) is 0 Å². The largest absolute Gasteiger partial charge is 0.481 e. The Morgan fingerprint density at radius 3 is 2.06 bits per heavy atom. The fourth-order valence-corrected chi connectivity index (χ4v) is 7.86. The van der Waals surface area contributed by atoms with E-state index in [1.54, 1.807) is 39.5 Å². The number of Topliss-reactive ketones (excluding diaryl/α,β-unsaturated/α-hetero) is 1. The van der Waals surface area contributed by atoms with Gasteiger partial charge in [-0.3, -0.25) is 18.6 Å². The molecule has 194 valence electrons. The van der Waals surface area contributed by atoms with Crippen molar-refractivity contribution in [3.8, 4) is 0 Å². The number of carbonyl (C=O) groups excluding carboxylic acids is 1. The van der Waals surface area contributed by atoms with Crippen LogP contribution < -0.4 is 0 Å². The van der Waals surface area contributed by atoms with Crippen LogP contribution in [0.25, 0.3) is 0 Å². The van der Waals surface area contributed by atoms with Gasteiger partial charge in [0, 0.05) is 27.7 Å². The van der Waals surface area contributed by atoms with Crippen LogP contribution in [0.3, 0.4) is 0 Å². The number of carboxylic acid groups (broad SMARTS) is 2. The van der Waals surface area contributed by atoms with Crippen molar-refractivity contribution in [3.63, 3.8) is 0 Å². The van der Waals surface area contributed by atoms with Crippen LogP contribution in [0.4, 0.5) is 0 Å². The molecular weight excluding hydrogens is 472 g/mol. The Bertz CT molecular complexity index is 784. The SMILES string of the molecule is CC(C)(CCCCC1CC(=O)C(C=CC2CCC(CCCCC(C)(C)C(=O)O)S2=O)S1)C(=O)O. The summed E-state index contributed by atoms with van der Waals surface area (Å²) in [6.45, 7) is 7.00. The molecule has 2 heterocycles. The maximum Gasteiger partial charge on any atom is 0.309 e. The second-order valence-corrected chi connectivity index (χ2v) is 14.5. The molecule has 2 saturated heterocycles. The highest BCUT2D eigenvalue weighted by atomic mass is 32.2. The zero-order chi connectivity index (χ0) is 25.5. The lowest BCUT2D eigenvalue weighted by Crippen LogP contribution is -2.23. The zero-order valence-electron chi connectivity index (χ0n) is 21.1. The van der Waals surface area contributed by atoms with E-state index < -0.39 is 33.6 Å². The first kappa shape index (κ1) is 29.1. The minimum absolute atomic E-state index is 0.00570. The van der Waals surface area contributed by atoms with E-state index >= 15 is 0 Å². The fraction of sp³-hybridized carbons (Fsp3) is 0.808. The van der Waals surface area contributed by atoms with Gasteiger partial charge in [0.25, 0.3) is 0 Å². The van der Waals surface area contributed by atoms with Gasteiger partial charge in [-0.15, -0.1) is 11.8 Å². The smallest absolute Gasteiger partial charge is 0.309 e. The van der Waals surface area contributed by atoms with E-state index in [9.17, 15) is 28.8 Å². The average molecular weight is 515 g/mol. The van der Waals surface area contributed by atoms with Crippen LogP contribution in [0.5, 0.6) is 0 Å². The summed E-state index contributed by atoms with van der Waals surface area (Å²) in [5.41, 5.74) is -1.41. The molecule has 8 heteroatoms. The molecule has 0 bridgehead atoms. The van der Waals surface area contributed by atoms with Crippen molar-refractivity contribution < 1.29 is 28.8 Å². The highest BCUT2D eigenvalue weighted by molar-refractivity contribution is 8.01. The second kappa shape index (κ2) is 12.7. The standard InChI is InChI=1S/C26H42O6S2/c1-25(2,23(28)29)15-7-5-9-18-17-21(27)22(33-18)14-13-20-12-11-19(34(20)32)10-6-8-16-26(3,4)24(30)31/h13-14,18-20,22H,5-12,15-17H2,1-4H3,(H,28,29)(H,30,31). The van der Waals surface area contributed by atoms with E-state index in [1.165, 1.54) is 0 Å². The summed E-state index contributed by atoms with van der Waals surface area (Å²) in [5, 5.41) is 18.7. The molecular formula is C26H42O6S2. The third kappa shape index (κ3) is 8.51. The van der Waals surface area contributed by atoms with E-state index in [2.05, 4.69) is 0 Å². The lowest BCUT2D eigenvalue weighted by molar-refractivity contribution is -0.148. The van der Waals surface area contributed by atoms with Gasteiger partial charge in [-0.1, -0.05) is 37.8 Å². The summed E-state index contributed by atoms with van der Waals surface area (Å²) in [7, 11) is -0.942. The fourth-order valence-electron chi connectivity index (χ4n) is 4.58. The molecule has 2 rings (SSSR count). The number of thioether (sulfide) groups is 1. The quantitative estimate of drug-likeness (QED) is 0.229. The predicted octanol–water partition coefficient (Wildman–Crippen LogP) is 5.61. The lowest BCUT2D eigenvalue weighted by atomic mass is 9.87. The Morgan fingerprint density at radius 2 is 1.50 bits per heavy atom. The Labute approximate surface area is 211 Å². The van der Waals surface area contributed by atoms with E-state index in [4.69, 9.17) is 0 Å². The molecule has 6 nitrogen and oxygen atoms in total. The summed E-state index contributed by atoms with van der Waals surface area (Å²) >= 11 is 1.69. The lowest BCUT2D eigenvalue weighted by Gasteiger charge is -2.19. The highest BCUT2D eigenvalue weighted by Crippen LogP contribution is 2.37. The number of carbonyl (C=O) groups is 3. The summed E-state index contributed by atoms with van der Waals surface area (Å²) < 4.78 is 12.9. The number of hydrogen-bond acceptors (Lipinski definition) is 5. The minimum Gasteiger partial charge on any atom is -0.481 e. The van der Waals surface area contributed by atoms with Gasteiger partial charge in [-0.25, -0.2) is 0 Å². The molecule has 5 unspecified atom stereocenters. The highest BCUT2D eigenvalue weighted by Gasteiger charge is 2.34. The second-order valence-electron chi connectivity index (χ2n) is 11.2. The molecule has 0 aromatic carbocycles. The normalized spacial score (nSPS) is 28.1. The third-order valence-electron chi connectivity index (χ3n) is 7.30. The van der Waals surface area contributed by atoms with Gasteiger partial charge >= 0.3 is 11.9 Å². The van der Waals surface area contributed by atoms with Crippen LogP contribution in [-0.4, -0.2) is 53.1 Å². The molecule has 2 aliphatic rings. The van der Waals surface area contributed by atoms with Gasteiger partial charge in [0.05, 0.1) is 21.3 Å². The van der Waals surface area contributed by atoms with Gasteiger partial charge in [-0.05, 0) is 66.2 Å². The van der Waals surface area contributed by atoms with Gasteiger partial charge < -0.3 is 10.2 Å². The predicted molar refractivity (Wildman–Crippen MR) is 139 cm³/mol. The van der Waals surface area contributed by atoms with E-state index in [0.29, 0.717) is 19.3 Å². The number of unbranched alkanes of at least 4 members (excludes halogenated alkanes) is 2. The molecule has 0 saturated carbocycles. The molecule has 0 radical (unpaired) electrons. The maximum absolute atomic E-state index is 12.9. The topological polar surface area (TPSA) is 109 Å². The number of carboxylic acids is 2. The number of hydrogen-bond donors (Lipinski definition) is 2. The molecule has 0 spiro atoms. The van der Waals surface area contributed by atoms with Crippen LogP contribution in [0.1, 0.15) is 98.3 Å². The number of rotatable bonds is 14. The molecule has 2 aliphatic heterocycles. The summed E-state index contributed by atoms with van der Waals surface area (Å²) in [6.07, 6.45) is 12.9. The zero-order valence-corrected chi connectivity index (χ0v) is 22.7. The van der Waals surface area contributed by atoms with Gasteiger partial charge in [-0.2, -0.15) is 0 Å². The maximum atomic E-state index is 12.9. The molecule has 5 atom stereocenters. The van der Waals surface area contributed by atoms with Crippen molar-refractivity contribution in [3.05, 3.63) is 12.2 Å². The number of ketones is 1. The van der Waals surface area contributed by atoms with E-state index in [-0.39, 0.29) is 26.8 Å². The van der Waals surface area contributed by atoms with Crippen molar-refractivity contribution in [1.82, 2.24) is 0 Å². The van der Waals surface area contributed by atoms with Gasteiger partial charge in [0.2, 0.25) is 0 Å². The van der Waals surface area contributed by atoms with Crippen molar-refractivity contribution in [2.45, 2.75) is 119 Å². The molecule has 0 aromatic rings. The van der Waals surface area contributed by atoms with Crippen molar-refractivity contribution in [1.29, 1.82) is 0 Å². The van der Waals surface area contributed by atoms with Gasteiger partial charge in [0.1, 0.15) is 0 Å². The van der Waals surface area contributed by atoms with Crippen LogP contribution in [-0.2, 0) is 25.2 Å². The van der Waals surface area contributed by atoms with Crippen LogP contribution >= 0.6 is 11.8 Å². The molecule has 2 fully saturated rings. The molecule has 0 amide bonds. The molecule has 34 heavy (non-hydrogen) atoms. The molecule has 0 aliphatic carbocycles. The first-order valence-corrected chi connectivity index (χ1v) is 14.8. The molecule has 0 aromatic heterocycles. The third-order valence-corrected chi connectivity index (χ3v) is 10.9. The Morgan fingerprint density at radius 1 is 0.941 bits per heavy atom. The van der Waals surface area contributed by atoms with Gasteiger partial charge in [0.15, 0.2) is 5.78 Å². The van der Waals surface area contributed by atoms with Crippen LogP contribution in [0, 0.1) is 10.8 Å². The van der Waals surface area contributed by atoms with Crippen molar-refractivity contribution in [2.24, 2.45) is 10.8 Å².